The van der Waals surface area contributed by atoms with Crippen molar-refractivity contribution in [2.45, 2.75) is 45.6 Å². The Morgan fingerprint density at radius 3 is 2.84 bits per heavy atom. The van der Waals surface area contributed by atoms with E-state index < -0.39 is 0 Å². The summed E-state index contributed by atoms with van der Waals surface area (Å²) in [4.78, 5) is 18.4. The van der Waals surface area contributed by atoms with Gasteiger partial charge in [0.05, 0.1) is 0 Å². The van der Waals surface area contributed by atoms with E-state index in [1.807, 2.05) is 35.1 Å². The topological polar surface area (TPSA) is 67.3 Å². The number of pyridine rings is 1. The zero-order chi connectivity index (χ0) is 17.6. The highest BCUT2D eigenvalue weighted by Gasteiger charge is 2.30. The summed E-state index contributed by atoms with van der Waals surface area (Å²) in [7, 11) is 0. The van der Waals surface area contributed by atoms with Crippen molar-refractivity contribution in [1.82, 2.24) is 14.6 Å². The number of aromatic nitrogens is 3. The number of rotatable bonds is 4. The molecule has 128 valence electrons. The highest BCUT2D eigenvalue weighted by atomic mass is 15.3. The van der Waals surface area contributed by atoms with Crippen LogP contribution in [0.5, 0.6) is 0 Å². The number of hydrogen-bond acceptors (Lipinski definition) is 5. The monoisotopic (exact) mass is 334 g/mol. The Bertz CT molecular complexity index is 909. The van der Waals surface area contributed by atoms with Crippen LogP contribution in [0.2, 0.25) is 0 Å². The van der Waals surface area contributed by atoms with E-state index in [-0.39, 0.29) is 11.5 Å². The van der Waals surface area contributed by atoms with Crippen molar-refractivity contribution in [3.8, 4) is 0 Å². The molecule has 0 N–H and O–H groups in total. The highest BCUT2D eigenvalue weighted by Crippen LogP contribution is 2.30. The molecule has 2 aromatic heterocycles. The number of fused-ring (bicyclic) bond motifs is 2. The van der Waals surface area contributed by atoms with Crippen LogP contribution in [0.1, 0.15) is 39.9 Å². The number of amidine groups is 2. The molecule has 0 fully saturated rings. The number of nitrogens with zero attached hydrogens (tertiary/aromatic N) is 6. The van der Waals surface area contributed by atoms with Gasteiger partial charge in [-0.25, -0.2) is 19.5 Å². The van der Waals surface area contributed by atoms with Crippen LogP contribution >= 0.6 is 0 Å². The minimum absolute atomic E-state index is 0.0396. The zero-order valence-electron chi connectivity index (χ0n) is 15.0. The second kappa shape index (κ2) is 5.72. The van der Waals surface area contributed by atoms with Crippen molar-refractivity contribution in [2.75, 3.05) is 0 Å². The summed E-state index contributed by atoms with van der Waals surface area (Å²) in [5.74, 6) is 2.85. The first kappa shape index (κ1) is 15.9. The van der Waals surface area contributed by atoms with E-state index in [0.29, 0.717) is 5.92 Å². The molecule has 0 spiro atoms. The van der Waals surface area contributed by atoms with Gasteiger partial charge in [-0.05, 0) is 30.2 Å². The lowest BCUT2D eigenvalue weighted by Gasteiger charge is -2.23. The molecule has 1 unspecified atom stereocenters. The van der Waals surface area contributed by atoms with Crippen molar-refractivity contribution in [3.63, 3.8) is 0 Å². The lowest BCUT2D eigenvalue weighted by molar-refractivity contribution is 0.491. The Labute approximate surface area is 147 Å². The third-order valence-corrected chi connectivity index (χ3v) is 4.51. The molecule has 4 heterocycles. The summed E-state index contributed by atoms with van der Waals surface area (Å²) in [6.45, 7) is 8.54. The lowest BCUT2D eigenvalue weighted by atomic mass is 9.84. The maximum atomic E-state index is 4.68. The van der Waals surface area contributed by atoms with E-state index in [2.05, 4.69) is 58.8 Å². The third kappa shape index (κ3) is 2.92. The number of allylic oxidation sites excluding steroid dienone is 1. The summed E-state index contributed by atoms with van der Waals surface area (Å²) < 4.78 is 1.82. The van der Waals surface area contributed by atoms with E-state index in [1.54, 1.807) is 0 Å². The SMILES string of the molecule is CC(C)C1=NC2C=C(CC(C)(C)c3nc4ccccn4n3)C=NC2=N1. The van der Waals surface area contributed by atoms with Gasteiger partial charge in [0.15, 0.2) is 17.3 Å². The standard InChI is InChI=1S/C19H22N6/c1-12(2)16-21-14-9-13(11-20-17(14)23-16)10-19(3,4)18-22-15-7-5-6-8-25(15)24-18/h5-9,11-12,14H,10H2,1-4H3. The highest BCUT2D eigenvalue weighted by molar-refractivity contribution is 6.11. The molecule has 1 atom stereocenters. The van der Waals surface area contributed by atoms with Crippen molar-refractivity contribution in [2.24, 2.45) is 20.9 Å². The Morgan fingerprint density at radius 1 is 1.24 bits per heavy atom. The summed E-state index contributed by atoms with van der Waals surface area (Å²) >= 11 is 0. The molecule has 25 heavy (non-hydrogen) atoms. The smallest absolute Gasteiger partial charge is 0.158 e. The Morgan fingerprint density at radius 2 is 2.08 bits per heavy atom. The first-order chi connectivity index (χ1) is 11.9. The summed E-state index contributed by atoms with van der Waals surface area (Å²) in [5.41, 5.74) is 1.83. The van der Waals surface area contributed by atoms with E-state index >= 15 is 0 Å². The normalized spacial score (nSPS) is 19.9. The maximum Gasteiger partial charge on any atom is 0.158 e. The number of aliphatic imine (C=N–C) groups is 3. The zero-order valence-corrected chi connectivity index (χ0v) is 15.0. The fourth-order valence-electron chi connectivity index (χ4n) is 3.11. The second-order valence-electron chi connectivity index (χ2n) is 7.56. The van der Waals surface area contributed by atoms with E-state index in [1.165, 1.54) is 0 Å². The fraction of sp³-hybridized carbons (Fsp3) is 0.421. The molecule has 0 saturated carbocycles. The Hall–Kier alpha value is -2.63. The summed E-state index contributed by atoms with van der Waals surface area (Å²) in [6.07, 6.45) is 6.81. The molecule has 0 aliphatic carbocycles. The van der Waals surface area contributed by atoms with Crippen LogP contribution in [-0.2, 0) is 5.41 Å². The van der Waals surface area contributed by atoms with Crippen LogP contribution in [0, 0.1) is 5.92 Å². The van der Waals surface area contributed by atoms with Crippen molar-refractivity contribution >= 4 is 23.5 Å². The maximum absolute atomic E-state index is 4.68. The molecule has 6 nitrogen and oxygen atoms in total. The number of hydrogen-bond donors (Lipinski definition) is 0. The first-order valence-electron chi connectivity index (χ1n) is 8.65. The van der Waals surface area contributed by atoms with Gasteiger partial charge in [0.25, 0.3) is 0 Å². The molecule has 2 aromatic rings. The van der Waals surface area contributed by atoms with E-state index in [0.717, 1.165) is 35.1 Å². The van der Waals surface area contributed by atoms with Crippen LogP contribution in [-0.4, -0.2) is 38.5 Å². The lowest BCUT2D eigenvalue weighted by Crippen LogP contribution is -2.23. The van der Waals surface area contributed by atoms with E-state index in [9.17, 15) is 0 Å². The van der Waals surface area contributed by atoms with Gasteiger partial charge < -0.3 is 0 Å². The molecule has 0 saturated heterocycles. The van der Waals surface area contributed by atoms with Crippen molar-refractivity contribution in [1.29, 1.82) is 0 Å². The average Bonchev–Trinajstić information content (AvgIpc) is 3.18. The molecule has 0 amide bonds. The fourth-order valence-corrected chi connectivity index (χ4v) is 3.11. The Balaban J connectivity index is 1.58. The van der Waals surface area contributed by atoms with Crippen LogP contribution in [0.3, 0.4) is 0 Å². The molecule has 2 aliphatic rings. The van der Waals surface area contributed by atoms with Gasteiger partial charge in [-0.2, -0.15) is 5.10 Å². The predicted molar refractivity (Wildman–Crippen MR) is 101 cm³/mol. The third-order valence-electron chi connectivity index (χ3n) is 4.51. The largest absolute Gasteiger partial charge is 0.254 e. The van der Waals surface area contributed by atoms with Crippen molar-refractivity contribution in [3.05, 3.63) is 41.9 Å². The van der Waals surface area contributed by atoms with Crippen LogP contribution < -0.4 is 0 Å². The second-order valence-corrected chi connectivity index (χ2v) is 7.56. The van der Waals surface area contributed by atoms with E-state index in [4.69, 9.17) is 0 Å². The van der Waals surface area contributed by atoms with Crippen LogP contribution in [0.4, 0.5) is 0 Å². The van der Waals surface area contributed by atoms with Gasteiger partial charge in [-0.1, -0.05) is 33.8 Å². The van der Waals surface area contributed by atoms with Gasteiger partial charge in [0.2, 0.25) is 0 Å². The minimum atomic E-state index is -0.193. The molecular formula is C19H22N6. The Kier molecular flexibility index (Phi) is 3.63. The molecule has 6 heteroatoms. The molecular weight excluding hydrogens is 312 g/mol. The molecule has 0 bridgehead atoms. The molecule has 0 radical (unpaired) electrons. The summed E-state index contributed by atoms with van der Waals surface area (Å²) in [6, 6.07) is 5.86. The summed E-state index contributed by atoms with van der Waals surface area (Å²) in [5, 5.41) is 4.63. The molecule has 2 aliphatic heterocycles. The predicted octanol–water partition coefficient (Wildman–Crippen LogP) is 3.24. The van der Waals surface area contributed by atoms with Crippen LogP contribution in [0.15, 0.2) is 51.0 Å². The van der Waals surface area contributed by atoms with Gasteiger partial charge in [-0.3, -0.25) is 4.99 Å². The average molecular weight is 334 g/mol. The minimum Gasteiger partial charge on any atom is -0.254 e. The molecule has 4 rings (SSSR count). The van der Waals surface area contributed by atoms with Gasteiger partial charge in [0.1, 0.15) is 11.9 Å². The quantitative estimate of drug-likeness (QED) is 0.861. The number of dihydropyridines is 1. The first-order valence-corrected chi connectivity index (χ1v) is 8.65. The van der Waals surface area contributed by atoms with Gasteiger partial charge in [0, 0.05) is 23.7 Å². The molecule has 0 aromatic carbocycles. The van der Waals surface area contributed by atoms with Crippen molar-refractivity contribution < 1.29 is 0 Å². The van der Waals surface area contributed by atoms with Gasteiger partial charge >= 0.3 is 0 Å². The van der Waals surface area contributed by atoms with Gasteiger partial charge in [-0.15, -0.1) is 0 Å². The van der Waals surface area contributed by atoms with Crippen LogP contribution in [0.25, 0.3) is 5.65 Å².